The summed E-state index contributed by atoms with van der Waals surface area (Å²) in [7, 11) is 1.56. The van der Waals surface area contributed by atoms with Crippen LogP contribution in [0.15, 0.2) is 24.3 Å². The second kappa shape index (κ2) is 10.4. The molecule has 9 nitrogen and oxygen atoms in total. The molecule has 3 atom stereocenters. The van der Waals surface area contributed by atoms with Gasteiger partial charge in [-0.3, -0.25) is 19.2 Å². The molecule has 0 unspecified atom stereocenters. The number of ether oxygens (including phenoxy) is 4. The van der Waals surface area contributed by atoms with Crippen molar-refractivity contribution >= 4 is 23.8 Å². The summed E-state index contributed by atoms with van der Waals surface area (Å²) in [5.41, 5.74) is -2.73. The Bertz CT molecular complexity index is 909. The van der Waals surface area contributed by atoms with Crippen LogP contribution in [0, 0.1) is 16.7 Å². The Labute approximate surface area is 199 Å². The Balaban J connectivity index is 2.17. The molecule has 0 aromatic heterocycles. The summed E-state index contributed by atoms with van der Waals surface area (Å²) in [6.07, 6.45) is 0.736. The number of hydrogen-bond donors (Lipinski definition) is 1. The predicted octanol–water partition coefficient (Wildman–Crippen LogP) is 2.72. The number of carbonyl (C=O) groups is 4. The van der Waals surface area contributed by atoms with Crippen LogP contribution in [0.2, 0.25) is 0 Å². The van der Waals surface area contributed by atoms with Crippen molar-refractivity contribution in [2.45, 2.75) is 52.5 Å². The van der Waals surface area contributed by atoms with E-state index in [1.54, 1.807) is 52.1 Å². The van der Waals surface area contributed by atoms with Crippen molar-refractivity contribution in [3.8, 4) is 5.75 Å². The molecule has 3 rings (SSSR count). The van der Waals surface area contributed by atoms with Gasteiger partial charge in [-0.05, 0) is 57.7 Å². The molecule has 1 aliphatic carbocycles. The second-order valence-corrected chi connectivity index (χ2v) is 8.55. The highest BCUT2D eigenvalue weighted by atomic mass is 16.6. The van der Waals surface area contributed by atoms with Crippen molar-refractivity contribution in [2.75, 3.05) is 26.9 Å². The molecule has 1 amide bonds. The molecule has 2 fully saturated rings. The average molecular weight is 476 g/mol. The molecule has 186 valence electrons. The molecule has 1 aliphatic heterocycles. The molecule has 1 aromatic rings. The van der Waals surface area contributed by atoms with E-state index in [9.17, 15) is 19.2 Å². The molecular weight excluding hydrogens is 442 g/mol. The maximum absolute atomic E-state index is 13.7. The fraction of sp³-hybridized carbons (Fsp3) is 0.600. The van der Waals surface area contributed by atoms with Gasteiger partial charge >= 0.3 is 17.9 Å². The van der Waals surface area contributed by atoms with Crippen molar-refractivity contribution in [3.63, 3.8) is 0 Å². The van der Waals surface area contributed by atoms with E-state index in [1.165, 1.54) is 0 Å². The van der Waals surface area contributed by atoms with Crippen LogP contribution in [-0.2, 0) is 33.4 Å². The highest BCUT2D eigenvalue weighted by Gasteiger charge is 2.70. The number of fused-ring (bicyclic) bond motifs is 1. The summed E-state index contributed by atoms with van der Waals surface area (Å²) in [6, 6.07) is 6.60. The lowest BCUT2D eigenvalue weighted by Gasteiger charge is -2.53. The summed E-state index contributed by atoms with van der Waals surface area (Å²) in [6.45, 7) is 5.10. The van der Waals surface area contributed by atoms with Crippen LogP contribution in [0.3, 0.4) is 0 Å². The largest absolute Gasteiger partial charge is 0.497 e. The lowest BCUT2D eigenvalue weighted by molar-refractivity contribution is -0.198. The molecular formula is C25H33NO8. The third kappa shape index (κ3) is 4.12. The number of carbonyl (C=O) groups excluding carboxylic acids is 4. The Hall–Kier alpha value is -3.10. The first-order valence-corrected chi connectivity index (χ1v) is 11.8. The molecule has 34 heavy (non-hydrogen) atoms. The number of amides is 1. The van der Waals surface area contributed by atoms with Crippen LogP contribution in [0.25, 0.3) is 0 Å². The number of benzene rings is 1. The van der Waals surface area contributed by atoms with Crippen LogP contribution in [0.1, 0.15) is 58.1 Å². The van der Waals surface area contributed by atoms with E-state index in [0.29, 0.717) is 5.75 Å². The molecule has 0 spiro atoms. The van der Waals surface area contributed by atoms with E-state index in [0.717, 1.165) is 5.56 Å². The van der Waals surface area contributed by atoms with Crippen molar-refractivity contribution < 1.29 is 38.1 Å². The monoisotopic (exact) mass is 475 g/mol. The Morgan fingerprint density at radius 1 is 0.912 bits per heavy atom. The Morgan fingerprint density at radius 2 is 1.47 bits per heavy atom. The van der Waals surface area contributed by atoms with Gasteiger partial charge in [0.25, 0.3) is 0 Å². The third-order valence-electron chi connectivity index (χ3n) is 6.95. The summed E-state index contributed by atoms with van der Waals surface area (Å²) < 4.78 is 21.3. The summed E-state index contributed by atoms with van der Waals surface area (Å²) in [5, 5.41) is 2.94. The SMILES string of the molecule is CCOC(=O)C1(C(=O)OCC)CCC[C@@]2(C(=O)OCC)C(=O)N[C@H](c3ccc(OC)cc3)C[C@@H]12. The van der Waals surface area contributed by atoms with Gasteiger partial charge in [0.05, 0.1) is 33.0 Å². The number of nitrogens with one attached hydrogen (secondary N) is 1. The van der Waals surface area contributed by atoms with E-state index in [2.05, 4.69) is 5.32 Å². The van der Waals surface area contributed by atoms with E-state index >= 15 is 0 Å². The smallest absolute Gasteiger partial charge is 0.323 e. The number of rotatable bonds is 8. The van der Waals surface area contributed by atoms with E-state index in [4.69, 9.17) is 18.9 Å². The maximum Gasteiger partial charge on any atom is 0.323 e. The van der Waals surface area contributed by atoms with Crippen LogP contribution < -0.4 is 10.1 Å². The average Bonchev–Trinajstić information content (AvgIpc) is 2.84. The van der Waals surface area contributed by atoms with Crippen molar-refractivity contribution in [1.82, 2.24) is 5.32 Å². The van der Waals surface area contributed by atoms with Crippen LogP contribution >= 0.6 is 0 Å². The highest BCUT2D eigenvalue weighted by Crippen LogP contribution is 2.58. The van der Waals surface area contributed by atoms with Gasteiger partial charge < -0.3 is 24.3 Å². The minimum atomic E-state index is -1.79. The summed E-state index contributed by atoms with van der Waals surface area (Å²) in [4.78, 5) is 53.9. The highest BCUT2D eigenvalue weighted by molar-refractivity contribution is 6.08. The van der Waals surface area contributed by atoms with E-state index in [-0.39, 0.29) is 45.5 Å². The first kappa shape index (κ1) is 25.5. The quantitative estimate of drug-likeness (QED) is 0.347. The molecule has 1 N–H and O–H groups in total. The van der Waals surface area contributed by atoms with Gasteiger partial charge in [-0.1, -0.05) is 18.6 Å². The number of hydrogen-bond acceptors (Lipinski definition) is 8. The molecule has 1 heterocycles. The number of piperidine rings is 1. The van der Waals surface area contributed by atoms with Gasteiger partial charge in [0.2, 0.25) is 5.91 Å². The lowest BCUT2D eigenvalue weighted by atomic mass is 9.50. The van der Waals surface area contributed by atoms with Crippen molar-refractivity contribution in [2.24, 2.45) is 16.7 Å². The van der Waals surface area contributed by atoms with Gasteiger partial charge in [0, 0.05) is 5.92 Å². The van der Waals surface area contributed by atoms with E-state index < -0.39 is 46.6 Å². The first-order chi connectivity index (χ1) is 16.3. The summed E-state index contributed by atoms with van der Waals surface area (Å²) >= 11 is 0. The molecule has 2 aliphatic rings. The molecule has 1 saturated heterocycles. The molecule has 1 aromatic carbocycles. The maximum atomic E-state index is 13.7. The van der Waals surface area contributed by atoms with Gasteiger partial charge in [-0.25, -0.2) is 0 Å². The fourth-order valence-corrected chi connectivity index (χ4v) is 5.42. The molecule has 9 heteroatoms. The second-order valence-electron chi connectivity index (χ2n) is 8.55. The molecule has 0 bridgehead atoms. The predicted molar refractivity (Wildman–Crippen MR) is 121 cm³/mol. The zero-order valence-corrected chi connectivity index (χ0v) is 20.2. The standard InChI is InChI=1S/C25H33NO8/c1-5-32-21(28)24-13-8-14-25(22(29)33-6-2,23(30)34-7-3)19(24)15-18(26-20(24)27)16-9-11-17(31-4)12-10-16/h9-12,18-19H,5-8,13-15H2,1-4H3,(H,26,27)/t18-,19+,24-/m0/s1. The minimum Gasteiger partial charge on any atom is -0.497 e. The third-order valence-corrected chi connectivity index (χ3v) is 6.95. The number of methoxy groups -OCH3 is 1. The van der Waals surface area contributed by atoms with Crippen molar-refractivity contribution in [1.29, 1.82) is 0 Å². The van der Waals surface area contributed by atoms with Gasteiger partial charge in [0.15, 0.2) is 10.8 Å². The van der Waals surface area contributed by atoms with Gasteiger partial charge in [-0.2, -0.15) is 0 Å². The van der Waals surface area contributed by atoms with Crippen LogP contribution in [0.4, 0.5) is 0 Å². The Morgan fingerprint density at radius 3 is 2.00 bits per heavy atom. The summed E-state index contributed by atoms with van der Waals surface area (Å²) in [5.74, 6) is -3.17. The lowest BCUT2D eigenvalue weighted by Crippen LogP contribution is -2.66. The fourth-order valence-electron chi connectivity index (χ4n) is 5.42. The van der Waals surface area contributed by atoms with E-state index in [1.807, 2.05) is 0 Å². The zero-order valence-electron chi connectivity index (χ0n) is 20.2. The topological polar surface area (TPSA) is 117 Å². The first-order valence-electron chi connectivity index (χ1n) is 11.8. The van der Waals surface area contributed by atoms with Crippen LogP contribution in [-0.4, -0.2) is 50.7 Å². The Kier molecular flexibility index (Phi) is 7.84. The normalized spacial score (nSPS) is 25.4. The van der Waals surface area contributed by atoms with Gasteiger partial charge in [-0.15, -0.1) is 0 Å². The molecule has 1 saturated carbocycles. The minimum absolute atomic E-state index is 0.0488. The molecule has 0 radical (unpaired) electrons. The van der Waals surface area contributed by atoms with Crippen molar-refractivity contribution in [3.05, 3.63) is 29.8 Å². The zero-order chi connectivity index (χ0) is 24.9. The van der Waals surface area contributed by atoms with Crippen LogP contribution in [0.5, 0.6) is 5.75 Å². The van der Waals surface area contributed by atoms with Gasteiger partial charge in [0.1, 0.15) is 5.75 Å². The number of esters is 3.